The Bertz CT molecular complexity index is 545. The van der Waals surface area contributed by atoms with Crippen LogP contribution in [0.1, 0.15) is 16.8 Å². The van der Waals surface area contributed by atoms with Crippen LogP contribution in [-0.2, 0) is 12.8 Å². The zero-order valence-corrected chi connectivity index (χ0v) is 9.36. The zero-order chi connectivity index (χ0) is 11.1. The summed E-state index contributed by atoms with van der Waals surface area (Å²) in [5, 5.41) is 4.51. The van der Waals surface area contributed by atoms with Gasteiger partial charge in [-0.2, -0.15) is 5.10 Å². The van der Waals surface area contributed by atoms with Crippen LogP contribution in [0.4, 0.5) is 0 Å². The lowest BCUT2D eigenvalue weighted by Gasteiger charge is -2.03. The summed E-state index contributed by atoms with van der Waals surface area (Å²) in [6, 6.07) is 1.99. The van der Waals surface area contributed by atoms with Gasteiger partial charge in [0, 0.05) is 23.7 Å². The fourth-order valence-electron chi connectivity index (χ4n) is 2.45. The molecule has 84 valence electrons. The molecule has 2 aromatic rings. The molecule has 0 spiro atoms. The van der Waals surface area contributed by atoms with Gasteiger partial charge < -0.3 is 10.5 Å². The van der Waals surface area contributed by atoms with Gasteiger partial charge in [-0.05, 0) is 26.0 Å². The highest BCUT2D eigenvalue weighted by molar-refractivity contribution is 5.67. The molecule has 1 aliphatic rings. The lowest BCUT2D eigenvalue weighted by molar-refractivity contribution is 0.356. The Kier molecular flexibility index (Phi) is 2.11. The minimum absolute atomic E-state index is 0.659. The minimum Gasteiger partial charge on any atom is -0.493 e. The lowest BCUT2D eigenvalue weighted by Crippen LogP contribution is -2.04. The summed E-state index contributed by atoms with van der Waals surface area (Å²) in [5.41, 5.74) is 10.5. The van der Waals surface area contributed by atoms with Crippen molar-refractivity contribution in [2.75, 3.05) is 13.2 Å². The second-order valence-corrected chi connectivity index (χ2v) is 4.15. The first-order valence-electron chi connectivity index (χ1n) is 5.64. The number of nitrogens with zero attached hydrogens (tertiary/aromatic N) is 2. The predicted molar refractivity (Wildman–Crippen MR) is 61.9 cm³/mol. The van der Waals surface area contributed by atoms with Crippen molar-refractivity contribution in [1.29, 1.82) is 0 Å². The van der Waals surface area contributed by atoms with Crippen LogP contribution in [0.5, 0.6) is 5.75 Å². The van der Waals surface area contributed by atoms with Crippen LogP contribution >= 0.6 is 0 Å². The van der Waals surface area contributed by atoms with Gasteiger partial charge in [-0.25, -0.2) is 4.52 Å². The Balaban J connectivity index is 2.31. The van der Waals surface area contributed by atoms with Crippen LogP contribution in [0.25, 0.3) is 5.52 Å². The fraction of sp³-hybridized carbons (Fsp3) is 0.417. The maximum Gasteiger partial charge on any atom is 0.126 e. The van der Waals surface area contributed by atoms with Crippen LogP contribution in [0.15, 0.2) is 12.3 Å². The van der Waals surface area contributed by atoms with E-state index in [9.17, 15) is 0 Å². The number of ether oxygens (including phenoxy) is 1. The number of rotatable bonds is 2. The molecule has 0 aromatic carbocycles. The Morgan fingerprint density at radius 3 is 3.25 bits per heavy atom. The van der Waals surface area contributed by atoms with Crippen molar-refractivity contribution in [3.8, 4) is 5.75 Å². The van der Waals surface area contributed by atoms with Crippen molar-refractivity contribution in [2.24, 2.45) is 5.73 Å². The van der Waals surface area contributed by atoms with Gasteiger partial charge >= 0.3 is 0 Å². The normalized spacial score (nSPS) is 14.1. The highest BCUT2D eigenvalue weighted by Gasteiger charge is 2.20. The Morgan fingerprint density at radius 2 is 2.44 bits per heavy atom. The van der Waals surface area contributed by atoms with Gasteiger partial charge in [0.1, 0.15) is 5.75 Å². The van der Waals surface area contributed by atoms with Crippen molar-refractivity contribution in [3.63, 3.8) is 0 Å². The Morgan fingerprint density at radius 1 is 1.56 bits per heavy atom. The second kappa shape index (κ2) is 3.49. The number of fused-ring (bicyclic) bond motifs is 3. The summed E-state index contributed by atoms with van der Waals surface area (Å²) in [5.74, 6) is 1.01. The lowest BCUT2D eigenvalue weighted by atomic mass is 10.1. The van der Waals surface area contributed by atoms with E-state index in [4.69, 9.17) is 10.5 Å². The van der Waals surface area contributed by atoms with E-state index in [1.165, 1.54) is 16.6 Å². The van der Waals surface area contributed by atoms with E-state index in [0.29, 0.717) is 6.54 Å². The van der Waals surface area contributed by atoms with Crippen molar-refractivity contribution >= 4 is 5.52 Å². The molecule has 0 atom stereocenters. The Labute approximate surface area is 94.0 Å². The van der Waals surface area contributed by atoms with Crippen molar-refractivity contribution in [1.82, 2.24) is 9.61 Å². The average molecular weight is 217 g/mol. The third-order valence-electron chi connectivity index (χ3n) is 3.16. The topological polar surface area (TPSA) is 52.5 Å². The van der Waals surface area contributed by atoms with Crippen LogP contribution in [0.2, 0.25) is 0 Å². The highest BCUT2D eigenvalue weighted by atomic mass is 16.5. The van der Waals surface area contributed by atoms with Crippen LogP contribution < -0.4 is 10.5 Å². The van der Waals surface area contributed by atoms with E-state index in [1.807, 2.05) is 23.7 Å². The van der Waals surface area contributed by atoms with Gasteiger partial charge in [0.15, 0.2) is 0 Å². The van der Waals surface area contributed by atoms with Gasteiger partial charge in [0.05, 0.1) is 17.8 Å². The van der Waals surface area contributed by atoms with Crippen molar-refractivity contribution < 1.29 is 4.74 Å². The zero-order valence-electron chi connectivity index (χ0n) is 9.36. The predicted octanol–water partition coefficient (Wildman–Crippen LogP) is 1.08. The monoisotopic (exact) mass is 217 g/mol. The van der Waals surface area contributed by atoms with E-state index >= 15 is 0 Å². The highest BCUT2D eigenvalue weighted by Crippen LogP contribution is 2.31. The molecule has 0 aliphatic carbocycles. The number of aromatic nitrogens is 2. The number of nitrogens with two attached hydrogens (primary N) is 1. The van der Waals surface area contributed by atoms with Crippen molar-refractivity contribution in [3.05, 3.63) is 29.1 Å². The second-order valence-electron chi connectivity index (χ2n) is 4.15. The van der Waals surface area contributed by atoms with Crippen molar-refractivity contribution in [2.45, 2.75) is 19.8 Å². The van der Waals surface area contributed by atoms with Gasteiger partial charge in [-0.1, -0.05) is 0 Å². The summed E-state index contributed by atoms with van der Waals surface area (Å²) in [6.45, 7) is 3.48. The largest absolute Gasteiger partial charge is 0.493 e. The van der Waals surface area contributed by atoms with Gasteiger partial charge in [0.2, 0.25) is 0 Å². The number of pyridine rings is 1. The van der Waals surface area contributed by atoms with Crippen LogP contribution in [0.3, 0.4) is 0 Å². The molecule has 2 N–H and O–H groups in total. The third kappa shape index (κ3) is 1.23. The average Bonchev–Trinajstić information content (AvgIpc) is 2.83. The maximum absolute atomic E-state index is 5.66. The SMILES string of the molecule is Cc1nn2ccc3c(c2c1CCN)CCO3. The molecule has 0 radical (unpaired) electrons. The van der Waals surface area contributed by atoms with E-state index in [2.05, 4.69) is 5.10 Å². The van der Waals surface area contributed by atoms with E-state index in [0.717, 1.165) is 30.9 Å². The summed E-state index contributed by atoms with van der Waals surface area (Å²) < 4.78 is 7.53. The van der Waals surface area contributed by atoms with E-state index < -0.39 is 0 Å². The standard InChI is InChI=1S/C12H15N3O/c1-8-9(2-5-13)12-10-4-7-16-11(10)3-6-15(12)14-8/h3,6H,2,4-5,7,13H2,1H3. The summed E-state index contributed by atoms with van der Waals surface area (Å²) in [6.07, 6.45) is 3.82. The minimum atomic E-state index is 0.659. The molecule has 3 rings (SSSR count). The molecule has 2 aromatic heterocycles. The quantitative estimate of drug-likeness (QED) is 0.819. The number of aryl methyl sites for hydroxylation is 1. The fourth-order valence-corrected chi connectivity index (χ4v) is 2.45. The van der Waals surface area contributed by atoms with E-state index in [1.54, 1.807) is 0 Å². The molecule has 0 fully saturated rings. The summed E-state index contributed by atoms with van der Waals surface area (Å²) in [4.78, 5) is 0. The first-order valence-corrected chi connectivity index (χ1v) is 5.64. The number of hydrogen-bond acceptors (Lipinski definition) is 3. The van der Waals surface area contributed by atoms with E-state index in [-0.39, 0.29) is 0 Å². The number of hydrogen-bond donors (Lipinski definition) is 1. The smallest absolute Gasteiger partial charge is 0.126 e. The van der Waals surface area contributed by atoms with Gasteiger partial charge in [-0.15, -0.1) is 0 Å². The Hall–Kier alpha value is -1.55. The molecular formula is C12H15N3O. The molecule has 0 saturated carbocycles. The molecule has 16 heavy (non-hydrogen) atoms. The first kappa shape index (κ1) is 9.66. The summed E-state index contributed by atoms with van der Waals surface area (Å²) >= 11 is 0. The molecular weight excluding hydrogens is 202 g/mol. The first-order chi connectivity index (χ1) is 7.81. The molecule has 0 bridgehead atoms. The molecule has 0 saturated heterocycles. The summed E-state index contributed by atoms with van der Waals surface area (Å²) in [7, 11) is 0. The molecule has 0 amide bonds. The van der Waals surface area contributed by atoms with Crippen LogP contribution in [0, 0.1) is 6.92 Å². The molecule has 1 aliphatic heterocycles. The van der Waals surface area contributed by atoms with Crippen LogP contribution in [-0.4, -0.2) is 22.8 Å². The molecule has 3 heterocycles. The molecule has 4 heteroatoms. The van der Waals surface area contributed by atoms with Gasteiger partial charge in [0.25, 0.3) is 0 Å². The third-order valence-corrected chi connectivity index (χ3v) is 3.16. The molecule has 4 nitrogen and oxygen atoms in total. The molecule has 0 unspecified atom stereocenters. The maximum atomic E-state index is 5.66. The van der Waals surface area contributed by atoms with Gasteiger partial charge in [-0.3, -0.25) is 0 Å².